The van der Waals surface area contributed by atoms with Crippen LogP contribution in [0, 0.1) is 0 Å². The van der Waals surface area contributed by atoms with Crippen LogP contribution in [0.5, 0.6) is 0 Å². The molecule has 0 bridgehead atoms. The number of aromatic nitrogens is 5. The van der Waals surface area contributed by atoms with E-state index >= 15 is 0 Å². The minimum absolute atomic E-state index is 0.0568. The molecule has 2 aliphatic carbocycles. The van der Waals surface area contributed by atoms with Crippen LogP contribution in [0.3, 0.4) is 0 Å². The van der Waals surface area contributed by atoms with Crippen molar-refractivity contribution in [2.75, 3.05) is 16.4 Å². The van der Waals surface area contributed by atoms with Gasteiger partial charge in [-0.1, -0.05) is 37.9 Å². The monoisotopic (exact) mass is 447 g/mol. The molecule has 1 amide bonds. The lowest BCUT2D eigenvalue weighted by molar-refractivity contribution is -0.116. The van der Waals surface area contributed by atoms with E-state index in [1.165, 1.54) is 21.2 Å². The predicted octanol–water partition coefficient (Wildman–Crippen LogP) is 1.98. The van der Waals surface area contributed by atoms with Crippen molar-refractivity contribution in [2.45, 2.75) is 82.0 Å². The maximum Gasteiger partial charge on any atom is 0.330 e. The number of nitrogens with one attached hydrogen (secondary N) is 2. The van der Waals surface area contributed by atoms with Crippen LogP contribution < -0.4 is 21.9 Å². The van der Waals surface area contributed by atoms with Crippen molar-refractivity contribution >= 4 is 29.2 Å². The molecule has 0 spiro atoms. The Morgan fingerprint density at radius 2 is 2.00 bits per heavy atom. The number of hydrogen-bond donors (Lipinski definition) is 3. The number of anilines is 2. The van der Waals surface area contributed by atoms with Crippen molar-refractivity contribution in [1.29, 1.82) is 0 Å². The fourth-order valence-corrected chi connectivity index (χ4v) is 4.74. The fourth-order valence-electron chi connectivity index (χ4n) is 4.08. The number of aromatic amines is 2. The molecule has 2 aromatic rings. The van der Waals surface area contributed by atoms with Crippen LogP contribution >= 0.6 is 11.8 Å². The van der Waals surface area contributed by atoms with Gasteiger partial charge in [-0.3, -0.25) is 24.2 Å². The number of rotatable bonds is 9. The van der Waals surface area contributed by atoms with E-state index in [0.717, 1.165) is 57.2 Å². The van der Waals surface area contributed by atoms with Gasteiger partial charge in [-0.2, -0.15) is 0 Å². The van der Waals surface area contributed by atoms with E-state index in [4.69, 9.17) is 5.73 Å². The third-order valence-corrected chi connectivity index (χ3v) is 6.75. The average molecular weight is 448 g/mol. The summed E-state index contributed by atoms with van der Waals surface area (Å²) in [5.74, 6) is 1.24. The highest BCUT2D eigenvalue weighted by molar-refractivity contribution is 7.99. The molecule has 2 saturated carbocycles. The molecule has 2 aliphatic rings. The Kier molecular flexibility index (Phi) is 6.49. The second-order valence-electron chi connectivity index (χ2n) is 8.27. The Hall–Kier alpha value is -2.56. The molecule has 4 N–H and O–H groups in total. The van der Waals surface area contributed by atoms with Gasteiger partial charge in [0.15, 0.2) is 5.69 Å². The number of amides is 1. The summed E-state index contributed by atoms with van der Waals surface area (Å²) in [6.07, 6.45) is 7.43. The molecule has 0 atom stereocenters. The highest BCUT2D eigenvalue weighted by atomic mass is 32.2. The van der Waals surface area contributed by atoms with Crippen molar-refractivity contribution < 1.29 is 4.79 Å². The zero-order chi connectivity index (χ0) is 22.0. The second kappa shape index (κ2) is 9.29. The zero-order valence-electron chi connectivity index (χ0n) is 17.7. The Labute approximate surface area is 184 Å². The Bertz CT molecular complexity index is 1050. The molecule has 0 radical (unpaired) electrons. The van der Waals surface area contributed by atoms with Gasteiger partial charge in [0.1, 0.15) is 11.6 Å². The SMILES string of the molecule is CCCCn1c(N)c(N(C(=O)CSc2n[nH]c(C3CC3)n2)C2CCCC2)c(=O)[nH]c1=O. The van der Waals surface area contributed by atoms with Crippen LogP contribution in [0.25, 0.3) is 0 Å². The molecule has 0 aromatic carbocycles. The molecule has 2 heterocycles. The lowest BCUT2D eigenvalue weighted by Crippen LogP contribution is -2.46. The third kappa shape index (κ3) is 4.70. The van der Waals surface area contributed by atoms with Gasteiger partial charge in [0.2, 0.25) is 11.1 Å². The smallest absolute Gasteiger partial charge is 0.330 e. The average Bonchev–Trinajstić information content (AvgIpc) is 3.24. The molecule has 4 rings (SSSR count). The van der Waals surface area contributed by atoms with Crippen molar-refractivity contribution in [3.63, 3.8) is 0 Å². The van der Waals surface area contributed by atoms with Gasteiger partial charge in [0.05, 0.1) is 5.75 Å². The van der Waals surface area contributed by atoms with E-state index in [-0.39, 0.29) is 29.2 Å². The number of H-pyrrole nitrogens is 2. The van der Waals surface area contributed by atoms with Gasteiger partial charge >= 0.3 is 5.69 Å². The van der Waals surface area contributed by atoms with E-state index in [0.29, 0.717) is 17.6 Å². The summed E-state index contributed by atoms with van der Waals surface area (Å²) in [5.41, 5.74) is 5.22. The van der Waals surface area contributed by atoms with Gasteiger partial charge in [-0.05, 0) is 32.1 Å². The summed E-state index contributed by atoms with van der Waals surface area (Å²) in [6, 6.07) is -0.109. The van der Waals surface area contributed by atoms with Crippen molar-refractivity contribution in [1.82, 2.24) is 24.7 Å². The normalized spacial score (nSPS) is 16.7. The first-order valence-corrected chi connectivity index (χ1v) is 12.0. The van der Waals surface area contributed by atoms with Crippen molar-refractivity contribution in [2.24, 2.45) is 0 Å². The first kappa shape index (κ1) is 21.7. The summed E-state index contributed by atoms with van der Waals surface area (Å²) in [5, 5.41) is 7.66. The van der Waals surface area contributed by atoms with Crippen molar-refractivity contribution in [3.05, 3.63) is 26.7 Å². The number of nitrogen functional groups attached to an aromatic ring is 1. The first-order valence-electron chi connectivity index (χ1n) is 11.0. The zero-order valence-corrected chi connectivity index (χ0v) is 18.5. The number of hydrogen-bond acceptors (Lipinski definition) is 7. The van der Waals surface area contributed by atoms with Crippen LogP contribution in [0.4, 0.5) is 11.5 Å². The quantitative estimate of drug-likeness (QED) is 0.499. The number of thioether (sulfide) groups is 1. The van der Waals surface area contributed by atoms with Gasteiger partial charge in [-0.15, -0.1) is 5.10 Å². The summed E-state index contributed by atoms with van der Waals surface area (Å²) < 4.78 is 1.36. The lowest BCUT2D eigenvalue weighted by Gasteiger charge is -2.29. The number of carbonyl (C=O) groups excluding carboxylic acids is 1. The third-order valence-electron chi connectivity index (χ3n) is 5.92. The minimum atomic E-state index is -0.616. The first-order chi connectivity index (χ1) is 15.0. The number of unbranched alkanes of at least 4 members (excludes halogenated alkanes) is 1. The largest absolute Gasteiger partial charge is 0.383 e. The molecule has 11 heteroatoms. The summed E-state index contributed by atoms with van der Waals surface area (Å²) in [4.78, 5) is 46.7. The van der Waals surface area contributed by atoms with Crippen LogP contribution in [0.2, 0.25) is 0 Å². The van der Waals surface area contributed by atoms with Crippen molar-refractivity contribution in [3.8, 4) is 0 Å². The molecular weight excluding hydrogens is 418 g/mol. The Morgan fingerprint density at radius 3 is 2.68 bits per heavy atom. The summed E-state index contributed by atoms with van der Waals surface area (Å²) >= 11 is 1.24. The highest BCUT2D eigenvalue weighted by Crippen LogP contribution is 2.38. The molecule has 10 nitrogen and oxygen atoms in total. The van der Waals surface area contributed by atoms with Gasteiger partial charge in [0.25, 0.3) is 5.56 Å². The molecule has 31 heavy (non-hydrogen) atoms. The Morgan fingerprint density at radius 1 is 1.26 bits per heavy atom. The molecule has 0 aliphatic heterocycles. The lowest BCUT2D eigenvalue weighted by atomic mass is 10.2. The minimum Gasteiger partial charge on any atom is -0.383 e. The van der Waals surface area contributed by atoms with E-state index < -0.39 is 11.2 Å². The standard InChI is InChI=1S/C20H29N7O3S/c1-2-3-10-26-16(21)15(18(29)23-20(26)30)27(13-6-4-5-7-13)14(28)11-31-19-22-17(24-25-19)12-8-9-12/h12-13H,2-11,21H2,1H3,(H,22,24,25)(H,23,29,30). The molecule has 2 aromatic heterocycles. The van der Waals surface area contributed by atoms with E-state index in [2.05, 4.69) is 20.2 Å². The molecule has 168 valence electrons. The van der Waals surface area contributed by atoms with E-state index in [1.807, 2.05) is 6.92 Å². The molecule has 0 saturated heterocycles. The van der Waals surface area contributed by atoms with E-state index in [9.17, 15) is 14.4 Å². The topological polar surface area (TPSA) is 143 Å². The molecular formula is C20H29N7O3S. The maximum atomic E-state index is 13.3. The Balaban J connectivity index is 1.60. The van der Waals surface area contributed by atoms with Crippen LogP contribution in [0.1, 0.15) is 70.0 Å². The molecule has 2 fully saturated rings. The fraction of sp³-hybridized carbons (Fsp3) is 0.650. The summed E-state index contributed by atoms with van der Waals surface area (Å²) in [7, 11) is 0. The van der Waals surface area contributed by atoms with Crippen LogP contribution in [0.15, 0.2) is 14.7 Å². The maximum absolute atomic E-state index is 13.3. The van der Waals surface area contributed by atoms with E-state index in [1.54, 1.807) is 0 Å². The summed E-state index contributed by atoms with van der Waals surface area (Å²) in [6.45, 7) is 2.41. The van der Waals surface area contributed by atoms with Crippen LogP contribution in [-0.2, 0) is 11.3 Å². The highest BCUT2D eigenvalue weighted by Gasteiger charge is 2.33. The van der Waals surface area contributed by atoms with Crippen LogP contribution in [-0.4, -0.2) is 42.4 Å². The number of nitrogens with two attached hydrogens (primary N) is 1. The predicted molar refractivity (Wildman–Crippen MR) is 119 cm³/mol. The van der Waals surface area contributed by atoms with Gasteiger partial charge < -0.3 is 10.6 Å². The van der Waals surface area contributed by atoms with Gasteiger partial charge in [0, 0.05) is 18.5 Å². The second-order valence-corrected chi connectivity index (χ2v) is 9.21. The molecule has 0 unspecified atom stereocenters. The number of carbonyl (C=O) groups is 1. The number of nitrogens with zero attached hydrogens (tertiary/aromatic N) is 4. The van der Waals surface area contributed by atoms with Gasteiger partial charge in [-0.25, -0.2) is 9.78 Å².